The molecule has 0 aliphatic carbocycles. The highest BCUT2D eigenvalue weighted by Crippen LogP contribution is 2.11. The number of hydrogen-bond acceptors (Lipinski definition) is 2. The van der Waals surface area contributed by atoms with E-state index in [0.717, 1.165) is 25.8 Å². The number of nitrogens with one attached hydrogen (secondary N) is 1. The molecule has 0 radical (unpaired) electrons. The summed E-state index contributed by atoms with van der Waals surface area (Å²) >= 11 is 0. The lowest BCUT2D eigenvalue weighted by atomic mass is 10.00. The smallest absolute Gasteiger partial charge is 0.0492 e. The van der Waals surface area contributed by atoms with E-state index in [-0.39, 0.29) is 0 Å². The van der Waals surface area contributed by atoms with Gasteiger partial charge in [-0.25, -0.2) is 0 Å². The molecule has 1 heterocycles. The average Bonchev–Trinajstić information content (AvgIpc) is 2.84. The molecule has 3 nitrogen and oxygen atoms in total. The number of hydrogen-bond donors (Lipinski definition) is 1. The number of nitrogens with zero attached hydrogens (tertiary/aromatic N) is 2. The Labute approximate surface area is 122 Å². The molecular formula is C17H25N3. The van der Waals surface area contributed by atoms with Crippen molar-refractivity contribution in [1.29, 1.82) is 0 Å². The molecule has 1 aromatic heterocycles. The van der Waals surface area contributed by atoms with E-state index >= 15 is 0 Å². The molecule has 0 saturated heterocycles. The summed E-state index contributed by atoms with van der Waals surface area (Å²) in [5, 5.41) is 7.83. The first kappa shape index (κ1) is 14.8. The number of rotatable bonds is 7. The summed E-state index contributed by atoms with van der Waals surface area (Å²) in [6.45, 7) is 5.32. The van der Waals surface area contributed by atoms with Gasteiger partial charge in [-0.3, -0.25) is 4.68 Å². The number of aromatic nitrogens is 2. The largest absolute Gasteiger partial charge is 0.314 e. The molecule has 1 unspecified atom stereocenters. The van der Waals surface area contributed by atoms with Gasteiger partial charge in [0.25, 0.3) is 0 Å². The molecule has 1 aromatic carbocycles. The lowest BCUT2D eigenvalue weighted by Crippen LogP contribution is -2.31. The van der Waals surface area contributed by atoms with Crippen molar-refractivity contribution in [2.45, 2.75) is 39.2 Å². The van der Waals surface area contributed by atoms with E-state index in [2.05, 4.69) is 54.6 Å². The maximum Gasteiger partial charge on any atom is 0.0492 e. The van der Waals surface area contributed by atoms with E-state index in [1.807, 2.05) is 17.9 Å². The fourth-order valence-corrected chi connectivity index (χ4v) is 2.54. The van der Waals surface area contributed by atoms with Gasteiger partial charge in [-0.1, -0.05) is 36.8 Å². The van der Waals surface area contributed by atoms with Crippen molar-refractivity contribution in [2.24, 2.45) is 7.05 Å². The highest BCUT2D eigenvalue weighted by Gasteiger charge is 2.10. The van der Waals surface area contributed by atoms with Crippen molar-refractivity contribution in [2.75, 3.05) is 6.54 Å². The third kappa shape index (κ3) is 4.20. The van der Waals surface area contributed by atoms with E-state index in [0.29, 0.717) is 6.04 Å². The maximum atomic E-state index is 4.23. The SMILES string of the molecule is CCNC(CCc1ccnn1C)Cc1ccc(C)cc1. The van der Waals surface area contributed by atoms with Gasteiger partial charge in [0.2, 0.25) is 0 Å². The number of likely N-dealkylation sites (N-methyl/N-ethyl adjacent to an activating group) is 1. The molecule has 0 fully saturated rings. The Morgan fingerprint density at radius 2 is 1.95 bits per heavy atom. The van der Waals surface area contributed by atoms with Crippen molar-refractivity contribution >= 4 is 0 Å². The Balaban J connectivity index is 1.93. The molecular weight excluding hydrogens is 246 g/mol. The van der Waals surface area contributed by atoms with Crippen molar-refractivity contribution < 1.29 is 0 Å². The number of benzene rings is 1. The molecule has 108 valence electrons. The van der Waals surface area contributed by atoms with Crippen LogP contribution < -0.4 is 5.32 Å². The van der Waals surface area contributed by atoms with Crippen LogP contribution in [0.25, 0.3) is 0 Å². The molecule has 2 rings (SSSR count). The topological polar surface area (TPSA) is 29.9 Å². The van der Waals surface area contributed by atoms with Gasteiger partial charge in [0.15, 0.2) is 0 Å². The molecule has 0 aliphatic rings. The average molecular weight is 271 g/mol. The van der Waals surface area contributed by atoms with E-state index in [1.54, 1.807) is 0 Å². The third-order valence-corrected chi connectivity index (χ3v) is 3.77. The standard InChI is InChI=1S/C17H25N3/c1-4-18-16(9-10-17-11-12-19-20(17)3)13-15-7-5-14(2)6-8-15/h5-8,11-12,16,18H,4,9-10,13H2,1-3H3. The molecule has 0 aliphatic heterocycles. The van der Waals surface area contributed by atoms with Gasteiger partial charge >= 0.3 is 0 Å². The van der Waals surface area contributed by atoms with Gasteiger partial charge in [-0.2, -0.15) is 5.10 Å². The van der Waals surface area contributed by atoms with E-state index in [4.69, 9.17) is 0 Å². The predicted octanol–water partition coefficient (Wildman–Crippen LogP) is 2.88. The van der Waals surface area contributed by atoms with E-state index < -0.39 is 0 Å². The Hall–Kier alpha value is -1.61. The minimum atomic E-state index is 0.526. The summed E-state index contributed by atoms with van der Waals surface area (Å²) in [4.78, 5) is 0. The first-order valence-corrected chi connectivity index (χ1v) is 7.45. The van der Waals surface area contributed by atoms with Crippen LogP contribution in [0, 0.1) is 6.92 Å². The Kier molecular flexibility index (Phi) is 5.36. The first-order chi connectivity index (χ1) is 9.69. The van der Waals surface area contributed by atoms with Crippen molar-refractivity contribution in [3.8, 4) is 0 Å². The second-order valence-corrected chi connectivity index (χ2v) is 5.43. The van der Waals surface area contributed by atoms with Crippen LogP contribution >= 0.6 is 0 Å². The fraction of sp³-hybridized carbons (Fsp3) is 0.471. The summed E-state index contributed by atoms with van der Waals surface area (Å²) in [6, 6.07) is 11.5. The lowest BCUT2D eigenvalue weighted by molar-refractivity contribution is 0.484. The summed E-state index contributed by atoms with van der Waals surface area (Å²) in [6.07, 6.45) is 5.17. The summed E-state index contributed by atoms with van der Waals surface area (Å²) in [5.74, 6) is 0. The van der Waals surface area contributed by atoms with Crippen LogP contribution in [0.1, 0.15) is 30.2 Å². The van der Waals surface area contributed by atoms with Crippen LogP contribution in [-0.4, -0.2) is 22.4 Å². The second kappa shape index (κ2) is 7.25. The van der Waals surface area contributed by atoms with Crippen LogP contribution in [-0.2, 0) is 19.9 Å². The Bertz CT molecular complexity index is 513. The molecule has 0 saturated carbocycles. The van der Waals surface area contributed by atoms with Gasteiger partial charge in [0.1, 0.15) is 0 Å². The molecule has 20 heavy (non-hydrogen) atoms. The van der Waals surface area contributed by atoms with Crippen molar-refractivity contribution in [3.05, 3.63) is 53.3 Å². The Morgan fingerprint density at radius 3 is 2.55 bits per heavy atom. The van der Waals surface area contributed by atoms with Crippen LogP contribution in [0.3, 0.4) is 0 Å². The molecule has 0 spiro atoms. The van der Waals surface area contributed by atoms with Crippen LogP contribution in [0.5, 0.6) is 0 Å². The zero-order chi connectivity index (χ0) is 14.4. The minimum absolute atomic E-state index is 0.526. The third-order valence-electron chi connectivity index (χ3n) is 3.77. The molecule has 2 aromatic rings. The Morgan fingerprint density at radius 1 is 1.20 bits per heavy atom. The quantitative estimate of drug-likeness (QED) is 0.839. The summed E-state index contributed by atoms with van der Waals surface area (Å²) in [5.41, 5.74) is 4.03. The summed E-state index contributed by atoms with van der Waals surface area (Å²) < 4.78 is 1.97. The molecule has 0 amide bonds. The fourth-order valence-electron chi connectivity index (χ4n) is 2.54. The maximum absolute atomic E-state index is 4.23. The zero-order valence-corrected chi connectivity index (χ0v) is 12.8. The highest BCUT2D eigenvalue weighted by molar-refractivity contribution is 5.22. The molecule has 0 bridgehead atoms. The van der Waals surface area contributed by atoms with Gasteiger partial charge in [-0.15, -0.1) is 0 Å². The van der Waals surface area contributed by atoms with E-state index in [9.17, 15) is 0 Å². The van der Waals surface area contributed by atoms with Crippen LogP contribution in [0.15, 0.2) is 36.5 Å². The van der Waals surface area contributed by atoms with E-state index in [1.165, 1.54) is 16.8 Å². The monoisotopic (exact) mass is 271 g/mol. The van der Waals surface area contributed by atoms with Gasteiger partial charge in [0.05, 0.1) is 0 Å². The van der Waals surface area contributed by atoms with Crippen LogP contribution in [0.2, 0.25) is 0 Å². The molecule has 1 atom stereocenters. The van der Waals surface area contributed by atoms with Gasteiger partial charge < -0.3 is 5.32 Å². The van der Waals surface area contributed by atoms with Crippen molar-refractivity contribution in [1.82, 2.24) is 15.1 Å². The predicted molar refractivity (Wildman–Crippen MR) is 83.9 cm³/mol. The lowest BCUT2D eigenvalue weighted by Gasteiger charge is -2.18. The van der Waals surface area contributed by atoms with Gasteiger partial charge in [-0.05, 0) is 44.4 Å². The molecule has 1 N–H and O–H groups in total. The zero-order valence-electron chi connectivity index (χ0n) is 12.8. The normalized spacial score (nSPS) is 12.6. The van der Waals surface area contributed by atoms with Crippen molar-refractivity contribution in [3.63, 3.8) is 0 Å². The van der Waals surface area contributed by atoms with Crippen LogP contribution in [0.4, 0.5) is 0 Å². The van der Waals surface area contributed by atoms with Gasteiger partial charge in [0, 0.05) is 25.0 Å². The summed E-state index contributed by atoms with van der Waals surface area (Å²) in [7, 11) is 2.01. The minimum Gasteiger partial charge on any atom is -0.314 e. The first-order valence-electron chi connectivity index (χ1n) is 7.45. The highest BCUT2D eigenvalue weighted by atomic mass is 15.2. The molecule has 3 heteroatoms. The number of aryl methyl sites for hydroxylation is 3. The second-order valence-electron chi connectivity index (χ2n) is 5.43.